The average Bonchev–Trinajstić information content (AvgIpc) is 2.32. The largest absolute Gasteiger partial charge is 0.389 e. The molecule has 1 aliphatic heterocycles. The van der Waals surface area contributed by atoms with Crippen LogP contribution in [0.3, 0.4) is 0 Å². The van der Waals surface area contributed by atoms with E-state index in [-0.39, 0.29) is 0 Å². The molecule has 1 N–H and O–H groups in total. The van der Waals surface area contributed by atoms with Gasteiger partial charge >= 0.3 is 0 Å². The minimum Gasteiger partial charge on any atom is -0.389 e. The fourth-order valence-corrected chi connectivity index (χ4v) is 2.56. The molecule has 1 aromatic heterocycles. The predicted octanol–water partition coefficient (Wildman–Crippen LogP) is 2.76. The maximum absolute atomic E-state index is 9.82. The van der Waals surface area contributed by atoms with Crippen molar-refractivity contribution in [3.05, 3.63) is 23.9 Å². The lowest BCUT2D eigenvalue weighted by molar-refractivity contribution is 0.198. The first-order chi connectivity index (χ1) is 8.09. The van der Waals surface area contributed by atoms with Gasteiger partial charge in [-0.25, -0.2) is 4.98 Å². The Bertz CT molecular complexity index is 378. The van der Waals surface area contributed by atoms with Gasteiger partial charge in [-0.15, -0.1) is 0 Å². The van der Waals surface area contributed by atoms with Crippen molar-refractivity contribution in [1.29, 1.82) is 0 Å². The van der Waals surface area contributed by atoms with Gasteiger partial charge in [-0.05, 0) is 38.7 Å². The minimum absolute atomic E-state index is 0.455. The van der Waals surface area contributed by atoms with Gasteiger partial charge in [0.2, 0.25) is 0 Å². The summed E-state index contributed by atoms with van der Waals surface area (Å²) in [4.78, 5) is 6.82. The molecule has 17 heavy (non-hydrogen) atoms. The molecule has 0 bridgehead atoms. The molecular formula is C14H22N2O. The number of nitrogens with zero attached hydrogens (tertiary/aromatic N) is 2. The molecule has 1 aliphatic rings. The number of rotatable bonds is 2. The summed E-state index contributed by atoms with van der Waals surface area (Å²) in [7, 11) is 0. The second-order valence-electron chi connectivity index (χ2n) is 5.28. The van der Waals surface area contributed by atoms with Gasteiger partial charge in [0.15, 0.2) is 0 Å². The molecule has 0 aliphatic carbocycles. The Labute approximate surface area is 103 Å². The van der Waals surface area contributed by atoms with E-state index in [2.05, 4.69) is 23.7 Å². The van der Waals surface area contributed by atoms with Gasteiger partial charge in [0.05, 0.1) is 6.10 Å². The van der Waals surface area contributed by atoms with Gasteiger partial charge in [-0.3, -0.25) is 0 Å². The van der Waals surface area contributed by atoms with Crippen molar-refractivity contribution in [3.8, 4) is 0 Å². The number of hydrogen-bond donors (Lipinski definition) is 1. The van der Waals surface area contributed by atoms with Crippen LogP contribution >= 0.6 is 0 Å². The Kier molecular flexibility index (Phi) is 3.67. The summed E-state index contributed by atoms with van der Waals surface area (Å²) in [5.41, 5.74) is 0.938. The lowest BCUT2D eigenvalue weighted by atomic mass is 9.94. The van der Waals surface area contributed by atoms with Crippen molar-refractivity contribution in [2.45, 2.75) is 45.8 Å². The van der Waals surface area contributed by atoms with Crippen LogP contribution in [0.2, 0.25) is 0 Å². The number of pyridine rings is 1. The maximum atomic E-state index is 9.82. The van der Waals surface area contributed by atoms with Crippen LogP contribution < -0.4 is 4.90 Å². The normalized spacial score (nSPS) is 26.9. The molecule has 1 aromatic rings. The second kappa shape index (κ2) is 5.05. The molecule has 94 valence electrons. The number of anilines is 1. The summed E-state index contributed by atoms with van der Waals surface area (Å²) >= 11 is 0. The summed E-state index contributed by atoms with van der Waals surface area (Å²) < 4.78 is 0. The summed E-state index contributed by atoms with van der Waals surface area (Å²) in [5, 5.41) is 9.82. The molecule has 2 rings (SSSR count). The molecule has 3 atom stereocenters. The van der Waals surface area contributed by atoms with Crippen LogP contribution in [-0.2, 0) is 0 Å². The third-order valence-electron chi connectivity index (χ3n) is 3.66. The highest BCUT2D eigenvalue weighted by atomic mass is 16.3. The predicted molar refractivity (Wildman–Crippen MR) is 70.1 cm³/mol. The molecule has 3 nitrogen and oxygen atoms in total. The van der Waals surface area contributed by atoms with E-state index in [4.69, 9.17) is 0 Å². The molecular weight excluding hydrogens is 212 g/mol. The zero-order valence-electron chi connectivity index (χ0n) is 10.9. The Morgan fingerprint density at radius 3 is 2.88 bits per heavy atom. The number of piperidine rings is 1. The monoisotopic (exact) mass is 234 g/mol. The SMILES string of the molecule is CC1CCC(C)N(c2ncccc2[C@@H](C)O)C1. The van der Waals surface area contributed by atoms with Crippen LogP contribution in [0.25, 0.3) is 0 Å². The molecule has 1 fully saturated rings. The third kappa shape index (κ3) is 2.60. The van der Waals surface area contributed by atoms with E-state index in [1.807, 2.05) is 18.3 Å². The first-order valence-corrected chi connectivity index (χ1v) is 6.49. The number of aromatic nitrogens is 1. The molecule has 0 spiro atoms. The quantitative estimate of drug-likeness (QED) is 0.854. The summed E-state index contributed by atoms with van der Waals surface area (Å²) in [5.74, 6) is 1.66. The average molecular weight is 234 g/mol. The fourth-order valence-electron chi connectivity index (χ4n) is 2.56. The Morgan fingerprint density at radius 2 is 2.18 bits per heavy atom. The maximum Gasteiger partial charge on any atom is 0.134 e. The molecule has 0 saturated carbocycles. The van der Waals surface area contributed by atoms with E-state index >= 15 is 0 Å². The summed E-state index contributed by atoms with van der Waals surface area (Å²) in [6.45, 7) is 7.37. The van der Waals surface area contributed by atoms with Gasteiger partial charge in [-0.1, -0.05) is 13.0 Å². The van der Waals surface area contributed by atoms with Crippen molar-refractivity contribution in [2.24, 2.45) is 5.92 Å². The minimum atomic E-state index is -0.455. The van der Waals surface area contributed by atoms with Crippen LogP contribution in [0, 0.1) is 5.92 Å². The van der Waals surface area contributed by atoms with Crippen molar-refractivity contribution in [3.63, 3.8) is 0 Å². The molecule has 2 unspecified atom stereocenters. The van der Waals surface area contributed by atoms with Gasteiger partial charge < -0.3 is 10.0 Å². The second-order valence-corrected chi connectivity index (χ2v) is 5.28. The molecule has 0 aromatic carbocycles. The highest BCUT2D eigenvalue weighted by Gasteiger charge is 2.26. The third-order valence-corrected chi connectivity index (χ3v) is 3.66. The van der Waals surface area contributed by atoms with Crippen LogP contribution in [0.15, 0.2) is 18.3 Å². The molecule has 1 saturated heterocycles. The molecule has 2 heterocycles. The highest BCUT2D eigenvalue weighted by molar-refractivity contribution is 5.49. The van der Waals surface area contributed by atoms with Crippen LogP contribution in [-0.4, -0.2) is 22.7 Å². The summed E-state index contributed by atoms with van der Waals surface area (Å²) in [6.07, 6.45) is 3.85. The smallest absolute Gasteiger partial charge is 0.134 e. The van der Waals surface area contributed by atoms with E-state index in [9.17, 15) is 5.11 Å². The summed E-state index contributed by atoms with van der Waals surface area (Å²) in [6, 6.07) is 4.38. The van der Waals surface area contributed by atoms with E-state index in [1.165, 1.54) is 12.8 Å². The van der Waals surface area contributed by atoms with Crippen molar-refractivity contribution < 1.29 is 5.11 Å². The molecule has 3 heteroatoms. The Morgan fingerprint density at radius 1 is 1.41 bits per heavy atom. The highest BCUT2D eigenvalue weighted by Crippen LogP contribution is 2.30. The van der Waals surface area contributed by atoms with Crippen LogP contribution in [0.1, 0.15) is 45.3 Å². The first kappa shape index (κ1) is 12.4. The van der Waals surface area contributed by atoms with Crippen molar-refractivity contribution in [1.82, 2.24) is 4.98 Å². The topological polar surface area (TPSA) is 36.4 Å². The van der Waals surface area contributed by atoms with E-state index in [1.54, 1.807) is 6.92 Å². The van der Waals surface area contributed by atoms with Crippen LogP contribution in [0.4, 0.5) is 5.82 Å². The first-order valence-electron chi connectivity index (χ1n) is 6.49. The Balaban J connectivity index is 2.31. The zero-order valence-corrected chi connectivity index (χ0v) is 10.9. The molecule has 0 amide bonds. The van der Waals surface area contributed by atoms with Gasteiger partial charge in [0, 0.05) is 24.3 Å². The Hall–Kier alpha value is -1.09. The lowest BCUT2D eigenvalue weighted by Gasteiger charge is -2.38. The fraction of sp³-hybridized carbons (Fsp3) is 0.643. The molecule has 0 radical (unpaired) electrons. The standard InChI is InChI=1S/C14H22N2O/c1-10-6-7-11(2)16(9-10)14-13(12(3)17)5-4-8-15-14/h4-5,8,10-12,17H,6-7,9H2,1-3H3/t10?,11?,12-/m1/s1. The van der Waals surface area contributed by atoms with E-state index in [0.29, 0.717) is 12.0 Å². The van der Waals surface area contributed by atoms with Crippen molar-refractivity contribution >= 4 is 5.82 Å². The van der Waals surface area contributed by atoms with E-state index in [0.717, 1.165) is 17.9 Å². The zero-order chi connectivity index (χ0) is 12.4. The lowest BCUT2D eigenvalue weighted by Crippen LogP contribution is -2.42. The van der Waals surface area contributed by atoms with Crippen LogP contribution in [0.5, 0.6) is 0 Å². The van der Waals surface area contributed by atoms with Gasteiger partial charge in [0.25, 0.3) is 0 Å². The van der Waals surface area contributed by atoms with Crippen molar-refractivity contribution in [2.75, 3.05) is 11.4 Å². The van der Waals surface area contributed by atoms with Gasteiger partial charge in [0.1, 0.15) is 5.82 Å². The van der Waals surface area contributed by atoms with E-state index < -0.39 is 6.10 Å². The number of aliphatic hydroxyl groups is 1. The van der Waals surface area contributed by atoms with Gasteiger partial charge in [-0.2, -0.15) is 0 Å². The number of aliphatic hydroxyl groups excluding tert-OH is 1. The number of hydrogen-bond acceptors (Lipinski definition) is 3.